The first-order valence-electron chi connectivity index (χ1n) is 35.0. The molecule has 8 unspecified atom stereocenters. The van der Waals surface area contributed by atoms with Crippen LogP contribution in [0.4, 0.5) is 0 Å². The highest BCUT2D eigenvalue weighted by Crippen LogP contribution is 2.24. The van der Waals surface area contributed by atoms with Crippen LogP contribution in [0.25, 0.3) is 0 Å². The van der Waals surface area contributed by atoms with E-state index < -0.39 is 61.5 Å². The van der Waals surface area contributed by atoms with Crippen molar-refractivity contribution < 1.29 is 44.9 Å². The van der Waals surface area contributed by atoms with E-state index in [1.54, 1.807) is 0 Å². The summed E-state index contributed by atoms with van der Waals surface area (Å²) in [5, 5.41) is 65.4. The summed E-state index contributed by atoms with van der Waals surface area (Å²) in [7, 11) is 0. The number of aliphatic hydroxyl groups excluding tert-OH is 6. The molecule has 1 aliphatic heterocycles. The molecule has 8 atom stereocenters. The lowest BCUT2D eigenvalue weighted by Crippen LogP contribution is -2.60. The Morgan fingerprint density at radius 1 is 0.418 bits per heavy atom. The highest BCUT2D eigenvalue weighted by Gasteiger charge is 2.44. The largest absolute Gasteiger partial charge is 0.394 e. The van der Waals surface area contributed by atoms with Crippen molar-refractivity contribution in [1.82, 2.24) is 5.32 Å². The van der Waals surface area contributed by atoms with E-state index in [0.717, 1.165) is 38.5 Å². The smallest absolute Gasteiger partial charge is 0.249 e. The van der Waals surface area contributed by atoms with Gasteiger partial charge in [0.25, 0.3) is 0 Å². The summed E-state index contributed by atoms with van der Waals surface area (Å²) in [5.74, 6) is -0.576. The van der Waals surface area contributed by atoms with Gasteiger partial charge in [-0.25, -0.2) is 0 Å². The molecule has 10 nitrogen and oxygen atoms in total. The third kappa shape index (κ3) is 46.9. The van der Waals surface area contributed by atoms with Crippen molar-refractivity contribution in [3.8, 4) is 0 Å². The second-order valence-corrected chi connectivity index (χ2v) is 24.8. The molecule has 0 aromatic carbocycles. The summed E-state index contributed by atoms with van der Waals surface area (Å²) < 4.78 is 11.3. The Kier molecular flexibility index (Phi) is 56.4. The molecule has 1 amide bonds. The SMILES string of the molecule is CCCCCCCCCCCCCCCCCCCC/C=C\CCCCCCCCCCCCCCCCCCC(O)C(=O)NC(COC1OC(CO)C(O)C(O)C1O)C(O)CCCCCCCCCCCCCCCCCC. The topological polar surface area (TPSA) is 169 Å². The first kappa shape index (κ1) is 75.9. The van der Waals surface area contributed by atoms with Gasteiger partial charge in [-0.05, 0) is 38.5 Å². The predicted octanol–water partition coefficient (Wildman–Crippen LogP) is 17.7. The Morgan fingerprint density at radius 3 is 1.03 bits per heavy atom. The first-order chi connectivity index (χ1) is 38.8. The second-order valence-electron chi connectivity index (χ2n) is 24.8. The van der Waals surface area contributed by atoms with Crippen LogP contribution < -0.4 is 5.32 Å². The van der Waals surface area contributed by atoms with Gasteiger partial charge in [-0.3, -0.25) is 4.79 Å². The Hall–Kier alpha value is -1.11. The van der Waals surface area contributed by atoms with Gasteiger partial charge >= 0.3 is 0 Å². The van der Waals surface area contributed by atoms with Gasteiger partial charge in [-0.15, -0.1) is 0 Å². The molecule has 0 saturated carbocycles. The van der Waals surface area contributed by atoms with Crippen LogP contribution in [0.5, 0.6) is 0 Å². The van der Waals surface area contributed by atoms with E-state index in [4.69, 9.17) is 9.47 Å². The van der Waals surface area contributed by atoms with Crippen molar-refractivity contribution in [1.29, 1.82) is 0 Å². The highest BCUT2D eigenvalue weighted by atomic mass is 16.7. The molecule has 1 aliphatic rings. The minimum Gasteiger partial charge on any atom is -0.394 e. The van der Waals surface area contributed by atoms with E-state index in [2.05, 4.69) is 31.3 Å². The average molecular weight is 1120 g/mol. The molecular formula is C69H135NO9. The third-order valence-corrected chi connectivity index (χ3v) is 17.2. The molecule has 1 heterocycles. The number of hydrogen-bond donors (Lipinski definition) is 7. The van der Waals surface area contributed by atoms with E-state index in [0.29, 0.717) is 12.8 Å². The van der Waals surface area contributed by atoms with Crippen LogP contribution in [0.1, 0.15) is 361 Å². The maximum absolute atomic E-state index is 13.2. The molecule has 0 radical (unpaired) electrons. The van der Waals surface area contributed by atoms with E-state index in [9.17, 15) is 35.4 Å². The van der Waals surface area contributed by atoms with Crippen molar-refractivity contribution in [2.75, 3.05) is 13.2 Å². The molecule has 1 rings (SSSR count). The number of carbonyl (C=O) groups is 1. The van der Waals surface area contributed by atoms with Crippen LogP contribution in [0.2, 0.25) is 0 Å². The van der Waals surface area contributed by atoms with Crippen molar-refractivity contribution >= 4 is 5.91 Å². The van der Waals surface area contributed by atoms with Crippen molar-refractivity contribution in [2.24, 2.45) is 0 Å². The van der Waals surface area contributed by atoms with Gasteiger partial charge in [-0.2, -0.15) is 0 Å². The number of rotatable bonds is 62. The van der Waals surface area contributed by atoms with Gasteiger partial charge in [0.1, 0.15) is 30.5 Å². The number of amides is 1. The number of carbonyl (C=O) groups excluding carboxylic acids is 1. The van der Waals surface area contributed by atoms with Gasteiger partial charge in [0, 0.05) is 0 Å². The fraction of sp³-hybridized carbons (Fsp3) is 0.957. The quantitative estimate of drug-likeness (QED) is 0.0232. The van der Waals surface area contributed by atoms with Crippen molar-refractivity contribution in [3.05, 3.63) is 12.2 Å². The number of nitrogens with one attached hydrogen (secondary N) is 1. The summed E-state index contributed by atoms with van der Waals surface area (Å²) in [6.07, 6.45) is 64.7. The van der Waals surface area contributed by atoms with E-state index in [-0.39, 0.29) is 6.61 Å². The third-order valence-electron chi connectivity index (χ3n) is 17.2. The lowest BCUT2D eigenvalue weighted by atomic mass is 9.99. The number of hydrogen-bond acceptors (Lipinski definition) is 9. The Bertz CT molecular complexity index is 1270. The zero-order valence-electron chi connectivity index (χ0n) is 52.3. The minimum atomic E-state index is -1.60. The Balaban J connectivity index is 2.06. The van der Waals surface area contributed by atoms with Crippen LogP contribution in [0.3, 0.4) is 0 Å². The van der Waals surface area contributed by atoms with Crippen LogP contribution in [-0.2, 0) is 14.3 Å². The van der Waals surface area contributed by atoms with Crippen molar-refractivity contribution in [2.45, 2.75) is 410 Å². The minimum absolute atomic E-state index is 0.251. The van der Waals surface area contributed by atoms with Crippen LogP contribution in [0.15, 0.2) is 12.2 Å². The van der Waals surface area contributed by atoms with Gasteiger partial charge in [0.15, 0.2) is 6.29 Å². The number of allylic oxidation sites excluding steroid dienone is 2. The molecular weight excluding hydrogens is 987 g/mol. The molecule has 79 heavy (non-hydrogen) atoms. The molecule has 1 saturated heterocycles. The van der Waals surface area contributed by atoms with Crippen LogP contribution in [-0.4, -0.2) is 98.7 Å². The summed E-state index contributed by atoms with van der Waals surface area (Å²) >= 11 is 0. The molecule has 0 bridgehead atoms. The summed E-state index contributed by atoms with van der Waals surface area (Å²) in [6.45, 7) is 3.73. The van der Waals surface area contributed by atoms with Gasteiger partial charge in [-0.1, -0.05) is 334 Å². The Labute approximate surface area is 489 Å². The molecule has 10 heteroatoms. The standard InChI is InChI=1S/C69H135NO9/c1-3-5-7-9-11-13-15-17-19-21-22-23-24-25-26-27-28-29-30-31-32-33-34-35-36-37-38-39-40-41-42-44-46-48-50-52-54-56-58-63(73)68(77)70-61(60-78-69-67(76)66(75)65(74)64(59-71)79-69)62(72)57-55-53-51-49-47-45-43-20-18-16-14-12-10-8-6-4-2/h31-32,61-67,69,71-76H,3-30,33-60H2,1-2H3,(H,70,77)/b32-31-. The van der Waals surface area contributed by atoms with Crippen LogP contribution in [0, 0.1) is 0 Å². The zero-order chi connectivity index (χ0) is 57.3. The molecule has 0 aliphatic carbocycles. The first-order valence-corrected chi connectivity index (χ1v) is 35.0. The lowest BCUT2D eigenvalue weighted by molar-refractivity contribution is -0.302. The molecule has 1 fully saturated rings. The molecule has 0 spiro atoms. The van der Waals surface area contributed by atoms with E-state index in [1.165, 1.54) is 295 Å². The second kappa shape index (κ2) is 58.7. The lowest BCUT2D eigenvalue weighted by Gasteiger charge is -2.40. The number of unbranched alkanes of at least 4 members (excludes halogenated alkanes) is 49. The van der Waals surface area contributed by atoms with E-state index in [1.807, 2.05) is 0 Å². The number of ether oxygens (including phenoxy) is 2. The fourth-order valence-electron chi connectivity index (χ4n) is 11.6. The maximum atomic E-state index is 13.2. The van der Waals surface area contributed by atoms with Crippen molar-refractivity contribution in [3.63, 3.8) is 0 Å². The van der Waals surface area contributed by atoms with Gasteiger partial charge in [0.2, 0.25) is 5.91 Å². The molecule has 470 valence electrons. The fourth-order valence-corrected chi connectivity index (χ4v) is 11.6. The molecule has 0 aromatic rings. The molecule has 7 N–H and O–H groups in total. The zero-order valence-corrected chi connectivity index (χ0v) is 52.3. The Morgan fingerprint density at radius 2 is 0.709 bits per heavy atom. The molecule has 0 aromatic heterocycles. The van der Waals surface area contributed by atoms with Gasteiger partial charge in [0.05, 0.1) is 25.4 Å². The summed E-state index contributed by atoms with van der Waals surface area (Å²) in [4.78, 5) is 13.2. The van der Waals surface area contributed by atoms with E-state index >= 15 is 0 Å². The number of aliphatic hydroxyl groups is 6. The normalized spacial score (nSPS) is 18.9. The van der Waals surface area contributed by atoms with Crippen LogP contribution >= 0.6 is 0 Å². The van der Waals surface area contributed by atoms with Gasteiger partial charge < -0.3 is 45.4 Å². The maximum Gasteiger partial charge on any atom is 0.249 e. The summed E-state index contributed by atoms with van der Waals surface area (Å²) in [6, 6.07) is -0.892. The summed E-state index contributed by atoms with van der Waals surface area (Å²) in [5.41, 5.74) is 0. The highest BCUT2D eigenvalue weighted by molar-refractivity contribution is 5.80. The average Bonchev–Trinajstić information content (AvgIpc) is 3.45. The predicted molar refractivity (Wildman–Crippen MR) is 333 cm³/mol. The monoisotopic (exact) mass is 1120 g/mol.